The molecule has 1 aliphatic heterocycles. The first-order valence-electron chi connectivity index (χ1n) is 6.33. The van der Waals surface area contributed by atoms with Gasteiger partial charge in [0.05, 0.1) is 10.4 Å². The van der Waals surface area contributed by atoms with Crippen LogP contribution in [0, 0.1) is 5.41 Å². The molecule has 1 atom stereocenters. The first-order chi connectivity index (χ1) is 8.63. The Balaban J connectivity index is 1.90. The van der Waals surface area contributed by atoms with Crippen LogP contribution in [0.3, 0.4) is 0 Å². The van der Waals surface area contributed by atoms with Gasteiger partial charge in [-0.25, -0.2) is 0 Å². The smallest absolute Gasteiger partial charge is 0.0701 e. The van der Waals surface area contributed by atoms with E-state index in [1.807, 2.05) is 0 Å². The molecule has 102 valence electrons. The number of rotatable bonds is 5. The van der Waals surface area contributed by atoms with Crippen molar-refractivity contribution in [3.8, 4) is 0 Å². The summed E-state index contributed by atoms with van der Waals surface area (Å²) in [5.74, 6) is 0. The summed E-state index contributed by atoms with van der Waals surface area (Å²) in [6, 6.07) is 2.19. The second-order valence-electron chi connectivity index (χ2n) is 5.29. The fraction of sp³-hybridized carbons (Fsp3) is 0.692. The molecule has 5 heteroatoms. The summed E-state index contributed by atoms with van der Waals surface area (Å²) < 4.78 is 6.81. The Morgan fingerprint density at radius 3 is 3.00 bits per heavy atom. The van der Waals surface area contributed by atoms with Crippen LogP contribution in [0.1, 0.15) is 18.4 Å². The number of hydrogen-bond acceptors (Lipinski definition) is 4. The van der Waals surface area contributed by atoms with Crippen LogP contribution in [-0.4, -0.2) is 38.3 Å². The lowest BCUT2D eigenvalue weighted by molar-refractivity contribution is -0.0192. The molecule has 18 heavy (non-hydrogen) atoms. The van der Waals surface area contributed by atoms with E-state index in [1.54, 1.807) is 11.3 Å². The zero-order valence-electron chi connectivity index (χ0n) is 10.8. The molecule has 3 nitrogen and oxygen atoms in total. The van der Waals surface area contributed by atoms with Gasteiger partial charge in [-0.1, -0.05) is 0 Å². The molecule has 1 saturated heterocycles. The van der Waals surface area contributed by atoms with Gasteiger partial charge < -0.3 is 15.4 Å². The molecule has 1 fully saturated rings. The van der Waals surface area contributed by atoms with Gasteiger partial charge in [0.1, 0.15) is 0 Å². The van der Waals surface area contributed by atoms with Gasteiger partial charge in [0, 0.05) is 31.7 Å². The molecule has 1 aromatic rings. The monoisotopic (exact) mass is 332 g/mol. The third kappa shape index (κ3) is 3.78. The number of thiophene rings is 1. The Labute approximate surface area is 121 Å². The van der Waals surface area contributed by atoms with Gasteiger partial charge in [0.25, 0.3) is 0 Å². The summed E-state index contributed by atoms with van der Waals surface area (Å²) in [7, 11) is 2.16. The predicted molar refractivity (Wildman–Crippen MR) is 79.9 cm³/mol. The van der Waals surface area contributed by atoms with E-state index in [4.69, 9.17) is 10.5 Å². The summed E-state index contributed by atoms with van der Waals surface area (Å²) in [4.78, 5) is 2.36. The quantitative estimate of drug-likeness (QED) is 0.900. The zero-order chi connectivity index (χ0) is 13.0. The molecule has 0 aromatic carbocycles. The Hall–Kier alpha value is 0.0600. The Kier molecular flexibility index (Phi) is 5.21. The topological polar surface area (TPSA) is 38.5 Å². The summed E-state index contributed by atoms with van der Waals surface area (Å²) in [6.07, 6.45) is 2.32. The van der Waals surface area contributed by atoms with Gasteiger partial charge in [0.2, 0.25) is 0 Å². The molecule has 0 amide bonds. The molecule has 1 unspecified atom stereocenters. The highest BCUT2D eigenvalue weighted by atomic mass is 79.9. The van der Waals surface area contributed by atoms with Crippen molar-refractivity contribution in [3.63, 3.8) is 0 Å². The Bertz CT molecular complexity index is 377. The van der Waals surface area contributed by atoms with E-state index in [1.165, 1.54) is 15.8 Å². The van der Waals surface area contributed by atoms with Gasteiger partial charge in [-0.15, -0.1) is 11.3 Å². The van der Waals surface area contributed by atoms with Crippen LogP contribution in [-0.2, 0) is 11.3 Å². The highest BCUT2D eigenvalue weighted by Crippen LogP contribution is 2.29. The van der Waals surface area contributed by atoms with E-state index in [-0.39, 0.29) is 5.41 Å². The molecule has 0 aliphatic carbocycles. The molecule has 0 radical (unpaired) electrons. The first kappa shape index (κ1) is 14.5. The maximum Gasteiger partial charge on any atom is 0.0701 e. The molecule has 1 aliphatic rings. The highest BCUT2D eigenvalue weighted by molar-refractivity contribution is 9.11. The van der Waals surface area contributed by atoms with Crippen molar-refractivity contribution in [1.29, 1.82) is 0 Å². The maximum absolute atomic E-state index is 5.97. The van der Waals surface area contributed by atoms with Crippen LogP contribution >= 0.6 is 27.3 Å². The summed E-state index contributed by atoms with van der Waals surface area (Å²) in [6.45, 7) is 4.40. The van der Waals surface area contributed by atoms with Gasteiger partial charge in [-0.3, -0.25) is 0 Å². The van der Waals surface area contributed by atoms with Crippen molar-refractivity contribution in [3.05, 3.63) is 20.8 Å². The number of nitrogens with zero attached hydrogens (tertiary/aromatic N) is 1. The fourth-order valence-electron chi connectivity index (χ4n) is 2.63. The van der Waals surface area contributed by atoms with E-state index in [2.05, 4.69) is 39.3 Å². The molecule has 0 saturated carbocycles. The van der Waals surface area contributed by atoms with E-state index >= 15 is 0 Å². The SMILES string of the molecule is CN(Cc1csc(Br)c1)CC1(CN)CCCOC1. The summed E-state index contributed by atoms with van der Waals surface area (Å²) in [5, 5.41) is 2.20. The Morgan fingerprint density at radius 1 is 1.61 bits per heavy atom. The molecule has 1 aromatic heterocycles. The zero-order valence-corrected chi connectivity index (χ0v) is 13.2. The third-order valence-corrected chi connectivity index (χ3v) is 5.07. The Morgan fingerprint density at radius 2 is 2.44 bits per heavy atom. The number of ether oxygens (including phenoxy) is 1. The minimum atomic E-state index is 0.153. The maximum atomic E-state index is 5.97. The lowest BCUT2D eigenvalue weighted by Crippen LogP contribution is -2.46. The highest BCUT2D eigenvalue weighted by Gasteiger charge is 2.32. The number of halogens is 1. The lowest BCUT2D eigenvalue weighted by atomic mass is 9.82. The normalized spacial score (nSPS) is 24.7. The number of hydrogen-bond donors (Lipinski definition) is 1. The number of nitrogens with two attached hydrogens (primary N) is 1. The van der Waals surface area contributed by atoms with Crippen LogP contribution in [0.15, 0.2) is 15.2 Å². The van der Waals surface area contributed by atoms with Gasteiger partial charge in [-0.05, 0) is 52.8 Å². The fourth-order valence-corrected chi connectivity index (χ4v) is 3.83. The second-order valence-corrected chi connectivity index (χ2v) is 7.58. The van der Waals surface area contributed by atoms with E-state index in [9.17, 15) is 0 Å². The van der Waals surface area contributed by atoms with Crippen molar-refractivity contribution in [2.75, 3.05) is 33.4 Å². The van der Waals surface area contributed by atoms with Crippen molar-refractivity contribution in [2.45, 2.75) is 19.4 Å². The average Bonchev–Trinajstić information content (AvgIpc) is 2.75. The minimum Gasteiger partial charge on any atom is -0.381 e. The van der Waals surface area contributed by atoms with Crippen LogP contribution in [0.5, 0.6) is 0 Å². The van der Waals surface area contributed by atoms with Crippen molar-refractivity contribution in [2.24, 2.45) is 11.1 Å². The van der Waals surface area contributed by atoms with Crippen molar-refractivity contribution in [1.82, 2.24) is 4.90 Å². The standard InChI is InChI=1S/C13H21BrN2OS/c1-16(6-11-5-12(14)18-7-11)9-13(8-15)3-2-4-17-10-13/h5,7H,2-4,6,8-10,15H2,1H3. The molecule has 2 rings (SSSR count). The minimum absolute atomic E-state index is 0.153. The summed E-state index contributed by atoms with van der Waals surface area (Å²) in [5.41, 5.74) is 7.48. The van der Waals surface area contributed by atoms with E-state index < -0.39 is 0 Å². The third-order valence-electron chi connectivity index (χ3n) is 3.52. The van der Waals surface area contributed by atoms with Crippen LogP contribution < -0.4 is 5.73 Å². The average molecular weight is 333 g/mol. The largest absolute Gasteiger partial charge is 0.381 e. The molecule has 0 bridgehead atoms. The first-order valence-corrected chi connectivity index (χ1v) is 8.00. The molecule has 0 spiro atoms. The molecule has 2 N–H and O–H groups in total. The second kappa shape index (κ2) is 6.48. The lowest BCUT2D eigenvalue weighted by Gasteiger charge is -2.38. The summed E-state index contributed by atoms with van der Waals surface area (Å²) >= 11 is 5.24. The van der Waals surface area contributed by atoms with Gasteiger partial charge in [0.15, 0.2) is 0 Å². The predicted octanol–water partition coefficient (Wildman–Crippen LogP) is 2.70. The van der Waals surface area contributed by atoms with Gasteiger partial charge in [-0.2, -0.15) is 0 Å². The van der Waals surface area contributed by atoms with E-state index in [0.717, 1.165) is 32.7 Å². The van der Waals surface area contributed by atoms with Crippen molar-refractivity contribution >= 4 is 27.3 Å². The van der Waals surface area contributed by atoms with Crippen LogP contribution in [0.25, 0.3) is 0 Å². The van der Waals surface area contributed by atoms with Gasteiger partial charge >= 0.3 is 0 Å². The van der Waals surface area contributed by atoms with Crippen LogP contribution in [0.2, 0.25) is 0 Å². The molecule has 2 heterocycles. The van der Waals surface area contributed by atoms with E-state index in [0.29, 0.717) is 6.54 Å². The van der Waals surface area contributed by atoms with Crippen molar-refractivity contribution < 1.29 is 4.74 Å². The van der Waals surface area contributed by atoms with Crippen LogP contribution in [0.4, 0.5) is 0 Å². The molecular weight excluding hydrogens is 312 g/mol. The molecular formula is C13H21BrN2OS.